The number of rotatable bonds is 4. The summed E-state index contributed by atoms with van der Waals surface area (Å²) in [6, 6.07) is 14.4. The zero-order valence-electron chi connectivity index (χ0n) is 15.3. The predicted molar refractivity (Wildman–Crippen MR) is 104 cm³/mol. The molecule has 0 aliphatic carbocycles. The topological polar surface area (TPSA) is 69.9 Å². The smallest absolute Gasteiger partial charge is 0.132 e. The number of aryl methyl sites for hydroxylation is 2. The van der Waals surface area contributed by atoms with Gasteiger partial charge in [0.25, 0.3) is 0 Å². The number of hydrogen-bond donors (Lipinski definition) is 3. The molecule has 1 saturated heterocycles. The number of benzene rings is 2. The van der Waals surface area contributed by atoms with Crippen LogP contribution in [0.5, 0.6) is 0 Å². The average Bonchev–Trinajstić information content (AvgIpc) is 2.64. The molecular formula is C21H26O4S. The van der Waals surface area contributed by atoms with Crippen LogP contribution in [-0.4, -0.2) is 45.3 Å². The van der Waals surface area contributed by atoms with E-state index in [4.69, 9.17) is 4.74 Å². The zero-order chi connectivity index (χ0) is 18.8. The molecule has 5 heteroatoms. The average molecular weight is 375 g/mol. The van der Waals surface area contributed by atoms with Crippen molar-refractivity contribution in [1.82, 2.24) is 0 Å². The van der Waals surface area contributed by atoms with E-state index in [9.17, 15) is 15.3 Å². The van der Waals surface area contributed by atoms with Crippen molar-refractivity contribution in [3.63, 3.8) is 0 Å². The van der Waals surface area contributed by atoms with Crippen LogP contribution >= 0.6 is 11.8 Å². The van der Waals surface area contributed by atoms with Gasteiger partial charge in [-0.05, 0) is 48.8 Å². The molecule has 0 bridgehead atoms. The second-order valence-corrected chi connectivity index (χ2v) is 7.92. The molecule has 3 N–H and O–H groups in total. The molecule has 0 radical (unpaired) electrons. The van der Waals surface area contributed by atoms with Crippen molar-refractivity contribution >= 4 is 11.8 Å². The van der Waals surface area contributed by atoms with Crippen LogP contribution in [-0.2, 0) is 11.2 Å². The molecule has 1 aliphatic rings. The maximum absolute atomic E-state index is 10.4. The standard InChI is InChI=1S/C21H26O4S/c1-12-4-7-14(8-5-12)10-16-11-15(9-6-13(16)2)20-18(23)17(22)19(24)21(25-20)26-3/h4-9,11,17-24H,10H2,1-3H3/t17-,18-,19+,20+,21-/m1/s1. The van der Waals surface area contributed by atoms with Crippen molar-refractivity contribution in [2.45, 2.75) is 50.1 Å². The largest absolute Gasteiger partial charge is 0.387 e. The van der Waals surface area contributed by atoms with Gasteiger partial charge in [0.2, 0.25) is 0 Å². The van der Waals surface area contributed by atoms with Crippen molar-refractivity contribution in [3.8, 4) is 0 Å². The number of hydrogen-bond acceptors (Lipinski definition) is 5. The Hall–Kier alpha value is -1.37. The lowest BCUT2D eigenvalue weighted by atomic mass is 9.91. The minimum absolute atomic E-state index is 0.569. The van der Waals surface area contributed by atoms with Crippen molar-refractivity contribution in [3.05, 3.63) is 70.3 Å². The Morgan fingerprint density at radius 3 is 2.27 bits per heavy atom. The Bertz CT molecular complexity index is 744. The van der Waals surface area contributed by atoms with Gasteiger partial charge < -0.3 is 20.1 Å². The van der Waals surface area contributed by atoms with Crippen LogP contribution in [0.25, 0.3) is 0 Å². The first kappa shape index (κ1) is 19.4. The van der Waals surface area contributed by atoms with Crippen LogP contribution in [0.4, 0.5) is 0 Å². The molecule has 0 spiro atoms. The molecule has 2 aromatic carbocycles. The minimum atomic E-state index is -1.23. The molecule has 0 saturated carbocycles. The number of thioether (sulfide) groups is 1. The lowest BCUT2D eigenvalue weighted by molar-refractivity contribution is -0.200. The summed E-state index contributed by atoms with van der Waals surface area (Å²) in [6.07, 6.45) is -1.55. The minimum Gasteiger partial charge on any atom is -0.387 e. The van der Waals surface area contributed by atoms with Crippen molar-refractivity contribution in [1.29, 1.82) is 0 Å². The van der Waals surface area contributed by atoms with Crippen molar-refractivity contribution in [2.75, 3.05) is 6.26 Å². The maximum atomic E-state index is 10.4. The molecular weight excluding hydrogens is 348 g/mol. The summed E-state index contributed by atoms with van der Waals surface area (Å²) in [4.78, 5) is 0. The lowest BCUT2D eigenvalue weighted by Crippen LogP contribution is -2.52. The van der Waals surface area contributed by atoms with Crippen LogP contribution in [0.2, 0.25) is 0 Å². The summed E-state index contributed by atoms with van der Waals surface area (Å²) in [5, 5.41) is 30.6. The van der Waals surface area contributed by atoms with E-state index < -0.39 is 29.9 Å². The van der Waals surface area contributed by atoms with Crippen molar-refractivity contribution < 1.29 is 20.1 Å². The van der Waals surface area contributed by atoms with Crippen LogP contribution in [0.3, 0.4) is 0 Å². The molecule has 1 fully saturated rings. The quantitative estimate of drug-likeness (QED) is 0.768. The summed E-state index contributed by atoms with van der Waals surface area (Å²) in [5.41, 5.74) is 5.02. The van der Waals surface area contributed by atoms with Gasteiger partial charge in [-0.1, -0.05) is 48.0 Å². The highest BCUT2D eigenvalue weighted by Gasteiger charge is 2.43. The van der Waals surface area contributed by atoms with E-state index in [-0.39, 0.29) is 0 Å². The molecule has 5 atom stereocenters. The first-order chi connectivity index (χ1) is 12.4. The number of ether oxygens (including phenoxy) is 1. The van der Waals surface area contributed by atoms with Crippen molar-refractivity contribution in [2.24, 2.45) is 0 Å². The third-order valence-electron chi connectivity index (χ3n) is 5.02. The molecule has 0 unspecified atom stereocenters. The van der Waals surface area contributed by atoms with Gasteiger partial charge in [0.15, 0.2) is 0 Å². The fraction of sp³-hybridized carbons (Fsp3) is 0.429. The normalized spacial score (nSPS) is 28.9. The number of aliphatic hydroxyl groups excluding tert-OH is 3. The summed E-state index contributed by atoms with van der Waals surface area (Å²) in [6.45, 7) is 4.13. The lowest BCUT2D eigenvalue weighted by Gasteiger charge is -2.40. The highest BCUT2D eigenvalue weighted by atomic mass is 32.2. The monoisotopic (exact) mass is 374 g/mol. The zero-order valence-corrected chi connectivity index (χ0v) is 16.1. The summed E-state index contributed by atoms with van der Waals surface area (Å²) < 4.78 is 5.88. The molecule has 26 heavy (non-hydrogen) atoms. The van der Waals surface area contributed by atoms with E-state index in [2.05, 4.69) is 38.1 Å². The predicted octanol–water partition coefficient (Wildman–Crippen LogP) is 2.74. The van der Waals surface area contributed by atoms with E-state index in [0.29, 0.717) is 0 Å². The maximum Gasteiger partial charge on any atom is 0.132 e. The van der Waals surface area contributed by atoms with E-state index in [1.165, 1.54) is 28.5 Å². The molecule has 1 heterocycles. The fourth-order valence-corrected chi connectivity index (χ4v) is 3.97. The fourth-order valence-electron chi connectivity index (χ4n) is 3.30. The van der Waals surface area contributed by atoms with Gasteiger partial charge in [0.1, 0.15) is 29.9 Å². The Morgan fingerprint density at radius 2 is 1.62 bits per heavy atom. The highest BCUT2D eigenvalue weighted by Crippen LogP contribution is 2.36. The van der Waals surface area contributed by atoms with Crippen LogP contribution in [0.1, 0.15) is 33.9 Å². The molecule has 140 valence electrons. The third kappa shape index (κ3) is 3.97. The SMILES string of the molecule is CS[C@H]1O[C@@H](c2ccc(C)c(Cc3ccc(C)cc3)c2)[C@H](O)[C@@H](O)[C@@H]1O. The molecule has 0 aromatic heterocycles. The van der Waals surface area contributed by atoms with E-state index >= 15 is 0 Å². The van der Waals surface area contributed by atoms with Gasteiger partial charge in [-0.15, -0.1) is 11.8 Å². The Morgan fingerprint density at radius 1 is 0.923 bits per heavy atom. The van der Waals surface area contributed by atoms with Gasteiger partial charge in [-0.25, -0.2) is 0 Å². The van der Waals surface area contributed by atoms with Crippen LogP contribution < -0.4 is 0 Å². The molecule has 1 aliphatic heterocycles. The molecule has 3 rings (SSSR count). The summed E-state index contributed by atoms with van der Waals surface area (Å²) >= 11 is 1.33. The van der Waals surface area contributed by atoms with Crippen LogP contribution in [0.15, 0.2) is 42.5 Å². The van der Waals surface area contributed by atoms with Gasteiger partial charge in [-0.2, -0.15) is 0 Å². The highest BCUT2D eigenvalue weighted by molar-refractivity contribution is 7.99. The van der Waals surface area contributed by atoms with Gasteiger partial charge in [0, 0.05) is 0 Å². The molecule has 4 nitrogen and oxygen atoms in total. The van der Waals surface area contributed by atoms with E-state index in [1.807, 2.05) is 24.5 Å². The second kappa shape index (κ2) is 8.11. The van der Waals surface area contributed by atoms with Gasteiger partial charge >= 0.3 is 0 Å². The van der Waals surface area contributed by atoms with E-state index in [0.717, 1.165) is 17.5 Å². The molecule has 0 amide bonds. The van der Waals surface area contributed by atoms with Gasteiger partial charge in [0.05, 0.1) is 0 Å². The first-order valence-corrected chi connectivity index (χ1v) is 10.1. The van der Waals surface area contributed by atoms with E-state index in [1.54, 1.807) is 0 Å². The second-order valence-electron chi connectivity index (χ2n) is 6.98. The number of aliphatic hydroxyl groups is 3. The Labute approximate surface area is 158 Å². The van der Waals surface area contributed by atoms with Crippen LogP contribution in [0, 0.1) is 13.8 Å². The summed E-state index contributed by atoms with van der Waals surface area (Å²) in [7, 11) is 0. The van der Waals surface area contributed by atoms with Gasteiger partial charge in [-0.3, -0.25) is 0 Å². The third-order valence-corrected chi connectivity index (χ3v) is 5.87. The Balaban J connectivity index is 1.87. The Kier molecular flexibility index (Phi) is 6.05. The summed E-state index contributed by atoms with van der Waals surface area (Å²) in [5.74, 6) is 0. The first-order valence-electron chi connectivity index (χ1n) is 8.78. The molecule has 2 aromatic rings.